The van der Waals surface area contributed by atoms with Crippen LogP contribution >= 0.6 is 0 Å². The number of rotatable bonds is 5. The lowest BCUT2D eigenvalue weighted by Crippen LogP contribution is -2.40. The van der Waals surface area contributed by atoms with Crippen LogP contribution in [0.4, 0.5) is 17.1 Å². The lowest BCUT2D eigenvalue weighted by Gasteiger charge is -2.47. The van der Waals surface area contributed by atoms with Crippen LogP contribution in [0.5, 0.6) is 0 Å². The maximum atomic E-state index is 2.50. The Kier molecular flexibility index (Phi) is 7.13. The molecular formula is C52H39N. The molecule has 0 saturated heterocycles. The molecule has 1 nitrogen and oxygen atoms in total. The third-order valence-electron chi connectivity index (χ3n) is 11.7. The molecule has 1 heteroatoms. The molecule has 10 rings (SSSR count). The zero-order valence-corrected chi connectivity index (χ0v) is 30.0. The van der Waals surface area contributed by atoms with E-state index >= 15 is 0 Å². The monoisotopic (exact) mass is 677 g/mol. The fourth-order valence-electron chi connectivity index (χ4n) is 9.32. The van der Waals surface area contributed by atoms with Gasteiger partial charge in [0.1, 0.15) is 0 Å². The second-order valence-electron chi connectivity index (χ2n) is 14.9. The molecule has 0 N–H and O–H groups in total. The van der Waals surface area contributed by atoms with Gasteiger partial charge >= 0.3 is 0 Å². The van der Waals surface area contributed by atoms with Gasteiger partial charge in [-0.1, -0.05) is 172 Å². The van der Waals surface area contributed by atoms with Crippen molar-refractivity contribution in [3.63, 3.8) is 0 Å². The van der Waals surface area contributed by atoms with Gasteiger partial charge in [0.25, 0.3) is 0 Å². The summed E-state index contributed by atoms with van der Waals surface area (Å²) in [6, 6.07) is 73.8. The van der Waals surface area contributed by atoms with Gasteiger partial charge in [-0.25, -0.2) is 0 Å². The van der Waals surface area contributed by atoms with Gasteiger partial charge in [-0.3, -0.25) is 0 Å². The minimum atomic E-state index is -0.444. The van der Waals surface area contributed by atoms with Gasteiger partial charge in [-0.15, -0.1) is 0 Å². The van der Waals surface area contributed by atoms with Crippen molar-refractivity contribution in [2.45, 2.75) is 24.7 Å². The summed E-state index contributed by atoms with van der Waals surface area (Å²) in [5.74, 6) is 0. The summed E-state index contributed by atoms with van der Waals surface area (Å²) in [6.45, 7) is 4.79. The Balaban J connectivity index is 1.17. The van der Waals surface area contributed by atoms with E-state index in [0.29, 0.717) is 0 Å². The molecular weight excluding hydrogens is 639 g/mol. The van der Waals surface area contributed by atoms with Gasteiger partial charge < -0.3 is 4.90 Å². The third-order valence-corrected chi connectivity index (χ3v) is 11.7. The average molecular weight is 678 g/mol. The Labute approximate surface area is 312 Å². The normalized spacial score (nSPS) is 14.2. The van der Waals surface area contributed by atoms with E-state index in [2.05, 4.69) is 219 Å². The number of hydrogen-bond acceptors (Lipinski definition) is 1. The van der Waals surface area contributed by atoms with E-state index in [1.165, 1.54) is 66.8 Å². The van der Waals surface area contributed by atoms with Gasteiger partial charge in [-0.2, -0.15) is 0 Å². The Bertz CT molecular complexity index is 2590. The van der Waals surface area contributed by atoms with Crippen molar-refractivity contribution >= 4 is 17.1 Å². The summed E-state index contributed by atoms with van der Waals surface area (Å²) < 4.78 is 0. The number of nitrogens with zero attached hydrogens (tertiary/aromatic N) is 1. The molecule has 0 fully saturated rings. The summed E-state index contributed by atoms with van der Waals surface area (Å²) in [7, 11) is 0. The summed E-state index contributed by atoms with van der Waals surface area (Å²) in [6.07, 6.45) is 0. The number of benzene rings is 8. The minimum Gasteiger partial charge on any atom is -0.310 e. The second kappa shape index (κ2) is 12.1. The third kappa shape index (κ3) is 4.70. The fraction of sp³-hybridized carbons (Fsp3) is 0.0769. The molecule has 0 heterocycles. The molecule has 2 aliphatic rings. The van der Waals surface area contributed by atoms with Gasteiger partial charge in [0.05, 0.1) is 5.41 Å². The van der Waals surface area contributed by atoms with E-state index in [9.17, 15) is 0 Å². The first-order valence-corrected chi connectivity index (χ1v) is 18.6. The topological polar surface area (TPSA) is 3.24 Å². The van der Waals surface area contributed by atoms with Crippen LogP contribution in [0.15, 0.2) is 200 Å². The van der Waals surface area contributed by atoms with Crippen molar-refractivity contribution in [1.82, 2.24) is 0 Å². The van der Waals surface area contributed by atoms with E-state index in [0.717, 1.165) is 17.1 Å². The molecule has 0 radical (unpaired) electrons. The first-order chi connectivity index (χ1) is 26.0. The van der Waals surface area contributed by atoms with Gasteiger partial charge in [0.15, 0.2) is 0 Å². The van der Waals surface area contributed by atoms with E-state index in [4.69, 9.17) is 0 Å². The molecule has 8 aromatic rings. The molecule has 0 bridgehead atoms. The maximum absolute atomic E-state index is 2.50. The SMILES string of the molecule is CC1(C)c2ccccc2C2(c3ccccc3-c3ccccc32)c2cc(N(c3ccccc3)c3ccc(-c4cccc(-c5ccccc5)c4)cc3)ccc21. The summed E-state index contributed by atoms with van der Waals surface area (Å²) in [5, 5.41) is 0. The molecule has 0 aliphatic heterocycles. The van der Waals surface area contributed by atoms with Gasteiger partial charge in [0, 0.05) is 22.5 Å². The average Bonchev–Trinajstić information content (AvgIpc) is 3.52. The van der Waals surface area contributed by atoms with Crippen molar-refractivity contribution in [2.75, 3.05) is 4.90 Å². The fourth-order valence-corrected chi connectivity index (χ4v) is 9.32. The minimum absolute atomic E-state index is 0.185. The Morgan fingerprint density at radius 3 is 1.40 bits per heavy atom. The van der Waals surface area contributed by atoms with Gasteiger partial charge in [0.2, 0.25) is 0 Å². The lowest BCUT2D eigenvalue weighted by molar-refractivity contribution is 0.563. The summed E-state index contributed by atoms with van der Waals surface area (Å²) in [5.41, 5.74) is 18.5. The largest absolute Gasteiger partial charge is 0.310 e. The molecule has 8 aromatic carbocycles. The molecule has 0 amide bonds. The Hall–Kier alpha value is -6.44. The molecule has 53 heavy (non-hydrogen) atoms. The van der Waals surface area contributed by atoms with Crippen LogP contribution in [0.25, 0.3) is 33.4 Å². The highest BCUT2D eigenvalue weighted by Crippen LogP contribution is 2.62. The molecule has 2 aliphatic carbocycles. The van der Waals surface area contributed by atoms with E-state index in [-0.39, 0.29) is 5.41 Å². The number of fused-ring (bicyclic) bond motifs is 9. The molecule has 1 spiro atoms. The first-order valence-electron chi connectivity index (χ1n) is 18.6. The predicted octanol–water partition coefficient (Wildman–Crippen LogP) is 13.5. The van der Waals surface area contributed by atoms with E-state index in [1.54, 1.807) is 0 Å². The maximum Gasteiger partial charge on any atom is 0.0720 e. The van der Waals surface area contributed by atoms with Crippen LogP contribution in [0.2, 0.25) is 0 Å². The van der Waals surface area contributed by atoms with Crippen molar-refractivity contribution in [3.8, 4) is 33.4 Å². The van der Waals surface area contributed by atoms with Crippen LogP contribution in [0, 0.1) is 0 Å². The number of para-hydroxylation sites is 1. The Morgan fingerprint density at radius 2 is 0.755 bits per heavy atom. The lowest BCUT2D eigenvalue weighted by atomic mass is 9.55. The van der Waals surface area contributed by atoms with Crippen molar-refractivity contribution < 1.29 is 0 Å². The van der Waals surface area contributed by atoms with Gasteiger partial charge in [-0.05, 0) is 109 Å². The standard InChI is InChI=1S/C52H39N/c1-51(2)47-26-13-14-27-49(47)52(45-24-11-9-22-43(45)44-23-10-12-25-46(44)52)50-35-42(32-33-48(50)51)53(40-20-7-4-8-21-40)41-30-28-37(29-31-41)39-19-15-18-38(34-39)36-16-5-3-6-17-36/h3-35H,1-2H3. The van der Waals surface area contributed by atoms with Crippen LogP contribution in [0.1, 0.15) is 47.2 Å². The van der Waals surface area contributed by atoms with Crippen molar-refractivity contribution in [3.05, 3.63) is 234 Å². The van der Waals surface area contributed by atoms with Crippen LogP contribution in [-0.4, -0.2) is 0 Å². The quantitative estimate of drug-likeness (QED) is 0.175. The Morgan fingerprint density at radius 1 is 0.302 bits per heavy atom. The van der Waals surface area contributed by atoms with Crippen molar-refractivity contribution in [2.24, 2.45) is 0 Å². The first kappa shape index (κ1) is 31.3. The molecule has 0 unspecified atom stereocenters. The second-order valence-corrected chi connectivity index (χ2v) is 14.9. The molecule has 0 aromatic heterocycles. The summed E-state index contributed by atoms with van der Waals surface area (Å²) in [4.78, 5) is 2.42. The van der Waals surface area contributed by atoms with Crippen LogP contribution in [0.3, 0.4) is 0 Å². The van der Waals surface area contributed by atoms with E-state index < -0.39 is 5.41 Å². The highest BCUT2D eigenvalue weighted by atomic mass is 15.1. The zero-order chi connectivity index (χ0) is 35.6. The molecule has 0 saturated carbocycles. The smallest absolute Gasteiger partial charge is 0.0720 e. The van der Waals surface area contributed by atoms with Crippen molar-refractivity contribution in [1.29, 1.82) is 0 Å². The van der Waals surface area contributed by atoms with Crippen LogP contribution < -0.4 is 4.90 Å². The highest BCUT2D eigenvalue weighted by molar-refractivity contribution is 5.90. The summed E-state index contributed by atoms with van der Waals surface area (Å²) >= 11 is 0. The highest BCUT2D eigenvalue weighted by Gasteiger charge is 2.53. The zero-order valence-electron chi connectivity index (χ0n) is 30.0. The van der Waals surface area contributed by atoms with E-state index in [1.807, 2.05) is 0 Å². The predicted molar refractivity (Wildman–Crippen MR) is 221 cm³/mol. The number of hydrogen-bond donors (Lipinski definition) is 0. The molecule has 252 valence electrons. The number of anilines is 3. The van der Waals surface area contributed by atoms with Crippen LogP contribution in [-0.2, 0) is 10.8 Å². The molecule has 0 atom stereocenters.